The lowest BCUT2D eigenvalue weighted by Gasteiger charge is -2.27. The highest BCUT2D eigenvalue weighted by molar-refractivity contribution is 6.04. The molecule has 0 radical (unpaired) electrons. The van der Waals surface area contributed by atoms with Crippen molar-refractivity contribution >= 4 is 17.7 Å². The molecule has 0 spiro atoms. The van der Waals surface area contributed by atoms with Gasteiger partial charge < -0.3 is 9.64 Å². The minimum atomic E-state index is -0.0595. The Morgan fingerprint density at radius 2 is 2.14 bits per heavy atom. The fourth-order valence-corrected chi connectivity index (χ4v) is 2.41. The number of carbonyl (C=O) groups excluding carboxylic acids is 1. The molecular formula is C18H18N2O2. The van der Waals surface area contributed by atoms with E-state index in [0.717, 1.165) is 11.3 Å². The summed E-state index contributed by atoms with van der Waals surface area (Å²) >= 11 is 0. The molecule has 4 nitrogen and oxygen atoms in total. The van der Waals surface area contributed by atoms with Crippen LogP contribution < -0.4 is 9.64 Å². The summed E-state index contributed by atoms with van der Waals surface area (Å²) in [6.07, 6.45) is 5.12. The summed E-state index contributed by atoms with van der Waals surface area (Å²) < 4.78 is 5.47. The molecule has 22 heavy (non-hydrogen) atoms. The average Bonchev–Trinajstić information content (AvgIpc) is 2.55. The van der Waals surface area contributed by atoms with E-state index in [0.29, 0.717) is 19.0 Å². The van der Waals surface area contributed by atoms with Crippen LogP contribution in [0.3, 0.4) is 0 Å². The van der Waals surface area contributed by atoms with Crippen LogP contribution in [0, 0.1) is 13.8 Å². The van der Waals surface area contributed by atoms with E-state index in [2.05, 4.69) is 31.0 Å². The highest BCUT2D eigenvalue weighted by atomic mass is 16.5. The predicted octanol–water partition coefficient (Wildman–Crippen LogP) is 3.14. The number of amides is 1. The summed E-state index contributed by atoms with van der Waals surface area (Å²) in [4.78, 5) is 18.3. The van der Waals surface area contributed by atoms with Crippen LogP contribution in [0.5, 0.6) is 5.88 Å². The molecule has 1 aliphatic heterocycles. The van der Waals surface area contributed by atoms with Gasteiger partial charge in [0.25, 0.3) is 5.91 Å². The highest BCUT2D eigenvalue weighted by Crippen LogP contribution is 2.28. The SMILES string of the molecule is Cc1ccc(/C=C/C(=O)N2CCOc3ncccc32)cc1C. The molecule has 112 valence electrons. The first kappa shape index (κ1) is 14.3. The maximum absolute atomic E-state index is 12.4. The van der Waals surface area contributed by atoms with Crippen molar-refractivity contribution in [2.75, 3.05) is 18.1 Å². The largest absolute Gasteiger partial charge is 0.474 e. The fraction of sp³-hybridized carbons (Fsp3) is 0.222. The van der Waals surface area contributed by atoms with Crippen molar-refractivity contribution in [1.29, 1.82) is 0 Å². The zero-order valence-corrected chi connectivity index (χ0v) is 12.7. The summed E-state index contributed by atoms with van der Waals surface area (Å²) in [5.74, 6) is 0.456. The molecule has 1 aromatic carbocycles. The number of hydrogen-bond acceptors (Lipinski definition) is 3. The molecule has 0 aliphatic carbocycles. The second-order valence-electron chi connectivity index (χ2n) is 5.34. The topological polar surface area (TPSA) is 42.4 Å². The van der Waals surface area contributed by atoms with Gasteiger partial charge in [-0.25, -0.2) is 4.98 Å². The Hall–Kier alpha value is -2.62. The van der Waals surface area contributed by atoms with Gasteiger partial charge in [-0.2, -0.15) is 0 Å². The molecule has 0 fully saturated rings. The van der Waals surface area contributed by atoms with Gasteiger partial charge in [0, 0.05) is 12.3 Å². The van der Waals surface area contributed by atoms with Gasteiger partial charge >= 0.3 is 0 Å². The summed E-state index contributed by atoms with van der Waals surface area (Å²) in [5, 5.41) is 0. The van der Waals surface area contributed by atoms with Crippen molar-refractivity contribution in [3.63, 3.8) is 0 Å². The van der Waals surface area contributed by atoms with Gasteiger partial charge in [0.05, 0.1) is 6.54 Å². The van der Waals surface area contributed by atoms with Gasteiger partial charge in [-0.15, -0.1) is 0 Å². The molecule has 0 unspecified atom stereocenters. The Labute approximate surface area is 130 Å². The lowest BCUT2D eigenvalue weighted by Crippen LogP contribution is -2.37. The third kappa shape index (κ3) is 2.86. The first-order chi connectivity index (χ1) is 10.6. The molecule has 0 bridgehead atoms. The van der Waals surface area contributed by atoms with E-state index in [1.54, 1.807) is 23.2 Å². The van der Waals surface area contributed by atoms with Crippen LogP contribution >= 0.6 is 0 Å². The minimum absolute atomic E-state index is 0.0595. The smallest absolute Gasteiger partial charge is 0.251 e. The van der Waals surface area contributed by atoms with Crippen molar-refractivity contribution in [2.24, 2.45) is 0 Å². The first-order valence-corrected chi connectivity index (χ1v) is 7.30. The summed E-state index contributed by atoms with van der Waals surface area (Å²) in [6, 6.07) is 9.81. The van der Waals surface area contributed by atoms with Gasteiger partial charge in [-0.05, 0) is 48.7 Å². The van der Waals surface area contributed by atoms with Crippen LogP contribution in [0.4, 0.5) is 5.69 Å². The summed E-state index contributed by atoms with van der Waals surface area (Å²) in [7, 11) is 0. The number of hydrogen-bond donors (Lipinski definition) is 0. The molecule has 3 rings (SSSR count). The van der Waals surface area contributed by atoms with Crippen molar-refractivity contribution in [3.05, 3.63) is 59.3 Å². The van der Waals surface area contributed by atoms with E-state index in [1.807, 2.05) is 18.2 Å². The number of ether oxygens (including phenoxy) is 1. The minimum Gasteiger partial charge on any atom is -0.474 e. The molecule has 0 atom stereocenters. The Kier molecular flexibility index (Phi) is 3.92. The third-order valence-electron chi connectivity index (χ3n) is 3.81. The molecule has 4 heteroatoms. The van der Waals surface area contributed by atoms with Crippen LogP contribution in [0.1, 0.15) is 16.7 Å². The Bertz CT molecular complexity index is 738. The quantitative estimate of drug-likeness (QED) is 0.799. The van der Waals surface area contributed by atoms with Crippen molar-refractivity contribution in [3.8, 4) is 5.88 Å². The number of aromatic nitrogens is 1. The maximum atomic E-state index is 12.4. The van der Waals surface area contributed by atoms with E-state index >= 15 is 0 Å². The number of fused-ring (bicyclic) bond motifs is 1. The lowest BCUT2D eigenvalue weighted by atomic mass is 10.1. The number of nitrogens with zero attached hydrogens (tertiary/aromatic N) is 2. The van der Waals surface area contributed by atoms with Crippen LogP contribution in [0.2, 0.25) is 0 Å². The predicted molar refractivity (Wildman–Crippen MR) is 87.0 cm³/mol. The van der Waals surface area contributed by atoms with E-state index in [4.69, 9.17) is 4.74 Å². The van der Waals surface area contributed by atoms with Gasteiger partial charge in [-0.1, -0.05) is 18.2 Å². The van der Waals surface area contributed by atoms with Crippen LogP contribution in [0.25, 0.3) is 6.08 Å². The van der Waals surface area contributed by atoms with Gasteiger partial charge in [0.15, 0.2) is 0 Å². The van der Waals surface area contributed by atoms with Gasteiger partial charge in [0.1, 0.15) is 12.3 Å². The Morgan fingerprint density at radius 3 is 2.95 bits per heavy atom. The van der Waals surface area contributed by atoms with E-state index in [-0.39, 0.29) is 5.91 Å². The maximum Gasteiger partial charge on any atom is 0.251 e. The normalized spacial score (nSPS) is 13.8. The van der Waals surface area contributed by atoms with Crippen LogP contribution in [0.15, 0.2) is 42.6 Å². The fourth-order valence-electron chi connectivity index (χ4n) is 2.41. The Morgan fingerprint density at radius 1 is 1.27 bits per heavy atom. The van der Waals surface area contributed by atoms with Crippen LogP contribution in [-0.4, -0.2) is 24.0 Å². The number of rotatable bonds is 2. The average molecular weight is 294 g/mol. The molecule has 2 aromatic rings. The van der Waals surface area contributed by atoms with Crippen molar-refractivity contribution < 1.29 is 9.53 Å². The highest BCUT2D eigenvalue weighted by Gasteiger charge is 2.22. The van der Waals surface area contributed by atoms with Crippen molar-refractivity contribution in [1.82, 2.24) is 4.98 Å². The van der Waals surface area contributed by atoms with E-state index in [1.165, 1.54) is 11.1 Å². The standard InChI is InChI=1S/C18H18N2O2/c1-13-5-6-15(12-14(13)2)7-8-17(21)20-10-11-22-18-16(20)4-3-9-19-18/h3-9,12H,10-11H2,1-2H3/b8-7+. The molecular weight excluding hydrogens is 276 g/mol. The van der Waals surface area contributed by atoms with E-state index in [9.17, 15) is 4.79 Å². The monoisotopic (exact) mass is 294 g/mol. The van der Waals surface area contributed by atoms with E-state index < -0.39 is 0 Å². The number of benzene rings is 1. The molecule has 0 N–H and O–H groups in total. The number of aryl methyl sites for hydroxylation is 2. The molecule has 2 heterocycles. The van der Waals surface area contributed by atoms with Gasteiger partial charge in [-0.3, -0.25) is 4.79 Å². The summed E-state index contributed by atoms with van der Waals surface area (Å²) in [5.41, 5.74) is 4.21. The molecule has 1 aliphatic rings. The molecule has 1 amide bonds. The second kappa shape index (κ2) is 6.02. The zero-order valence-electron chi connectivity index (χ0n) is 12.7. The number of anilines is 1. The van der Waals surface area contributed by atoms with Crippen molar-refractivity contribution in [2.45, 2.75) is 13.8 Å². The molecule has 1 aromatic heterocycles. The molecule has 0 saturated carbocycles. The zero-order chi connectivity index (χ0) is 15.5. The van der Waals surface area contributed by atoms with Gasteiger partial charge in [0.2, 0.25) is 5.88 Å². The lowest BCUT2D eigenvalue weighted by molar-refractivity contribution is -0.114. The number of carbonyl (C=O) groups is 1. The third-order valence-corrected chi connectivity index (χ3v) is 3.81. The van der Waals surface area contributed by atoms with Crippen LogP contribution in [-0.2, 0) is 4.79 Å². The summed E-state index contributed by atoms with van der Waals surface area (Å²) in [6.45, 7) is 5.14. The second-order valence-corrected chi connectivity index (χ2v) is 5.34. The molecule has 0 saturated heterocycles. The number of pyridine rings is 1. The Balaban J connectivity index is 1.80. The first-order valence-electron chi connectivity index (χ1n) is 7.30.